The molecule has 118 heavy (non-hydrogen) atoms. The molecule has 21 N–H and O–H groups in total. The maximum Gasteiger partial charge on any atom is 0.338 e. The van der Waals surface area contributed by atoms with Crippen LogP contribution in [-0.2, 0) is 34.3 Å². The van der Waals surface area contributed by atoms with Gasteiger partial charge in [-0.05, 0) is 176 Å². The number of hydrogen-bond acceptors (Lipinski definition) is 25. The predicted octanol–water partition coefficient (Wildman–Crippen LogP) is 13.6. The fourth-order valence-corrected chi connectivity index (χ4v) is 11.1. The number of aryl methyl sites for hydroxylation is 7. The highest BCUT2D eigenvalue weighted by Gasteiger charge is 2.26. The zero-order valence-corrected chi connectivity index (χ0v) is 73.3. The number of carbonyl (C=O) groups excluding carboxylic acids is 6. The molecule has 0 unspecified atom stereocenters. The van der Waals surface area contributed by atoms with E-state index < -0.39 is 25.7 Å². The van der Waals surface area contributed by atoms with E-state index >= 15 is 0 Å². The first-order valence-electron chi connectivity index (χ1n) is 33.6. The van der Waals surface area contributed by atoms with Crippen LogP contribution in [0.4, 0.5) is 45.9 Å². The Labute approximate surface area is 734 Å². The number of primary amides is 1. The van der Waals surface area contributed by atoms with E-state index in [0.717, 1.165) is 68.0 Å². The molecule has 0 bridgehead atoms. The van der Waals surface area contributed by atoms with Crippen LogP contribution in [0.3, 0.4) is 0 Å². The molecule has 1 saturated heterocycles. The van der Waals surface area contributed by atoms with Crippen LogP contribution in [-0.4, -0.2) is 119 Å². The number of rotatable bonds is 7. The third kappa shape index (κ3) is 32.4. The van der Waals surface area contributed by atoms with Gasteiger partial charge in [-0.3, -0.25) is 53.4 Å². The summed E-state index contributed by atoms with van der Waals surface area (Å²) in [5, 5.41) is 40.0. The van der Waals surface area contributed by atoms with Crippen molar-refractivity contribution in [3.05, 3.63) is 252 Å². The van der Waals surface area contributed by atoms with Crippen molar-refractivity contribution in [3.8, 4) is 11.8 Å². The van der Waals surface area contributed by atoms with Crippen LogP contribution in [0.1, 0.15) is 94.2 Å². The quantitative estimate of drug-likeness (QED) is 0.0134. The molecule has 1 fully saturated rings. The first-order valence-corrected chi connectivity index (χ1v) is 40.2. The number of amides is 4. The molecular formula is C76H79Cl6I2N23O10S. The van der Waals surface area contributed by atoms with Crippen LogP contribution < -0.4 is 56.7 Å². The zero-order chi connectivity index (χ0) is 88.5. The number of carboxylic acid groups (broad SMARTS) is 1. The summed E-state index contributed by atoms with van der Waals surface area (Å²) in [5.41, 5.74) is 56.5. The van der Waals surface area contributed by atoms with E-state index in [1.165, 1.54) is 18.9 Å². The molecule has 13 aromatic rings. The number of halogens is 8. The number of alkyl halides is 2. The molecule has 0 spiro atoms. The molecule has 1 aliphatic heterocycles. The van der Waals surface area contributed by atoms with Crippen molar-refractivity contribution in [2.24, 2.45) is 5.73 Å². The number of aromatic amines is 3. The van der Waals surface area contributed by atoms with Gasteiger partial charge >= 0.3 is 5.97 Å². The Hall–Kier alpha value is -11.7. The number of hydrogen-bond donors (Lipinski definition) is 13. The summed E-state index contributed by atoms with van der Waals surface area (Å²) in [5.74, 6) is 0.620. The van der Waals surface area contributed by atoms with Crippen LogP contribution in [0, 0.1) is 63.5 Å². The van der Waals surface area contributed by atoms with Gasteiger partial charge in [0.05, 0.1) is 91.1 Å². The summed E-state index contributed by atoms with van der Waals surface area (Å²) >= 11 is 24.7. The zero-order valence-electron chi connectivity index (χ0n) is 63.7. The fourth-order valence-electron chi connectivity index (χ4n) is 9.58. The minimum absolute atomic E-state index is 0.0666. The molecule has 0 atom stereocenters. The number of nitrogens with zero attached hydrogens (tertiary/aromatic N) is 11. The van der Waals surface area contributed by atoms with Crippen molar-refractivity contribution < 1.29 is 42.9 Å². The molecule has 0 radical (unpaired) electrons. The Balaban J connectivity index is 0.000000343. The van der Waals surface area contributed by atoms with Crippen molar-refractivity contribution >= 4 is 242 Å². The number of nitrogens with one attached hydrogen (secondary N) is 4. The standard InChI is InChI=1S/C17H15ClN2O.C15H16N2O.C8H8ClNO.C8H9NO2.C7H9N.C5H4IN5.C5H5N5.C4H4INO2.C4H4N4.C2H2Cl2O.CH3NO.Cl2OS/c1-11-6-3-4-9-14(11)20-15(10-18)19-13-8-5-7-12(2)16(13)17(20)21;1-10-6-3-4-9-13(10)17-15(18)14-11(2)7-5-8-12(14)16;1-5-3-2-4-6(10)7(5)8(9)11;1-5-3-2-4-6(9)7(5)8(10)11;1-6-4-2-3-5-7(6)8;6-3-2-4(7)8-1-9-5(2)11-10-3;6-4-3-1-9-10-5(3)8-2-7-4;5-6-3(7)1-2-4(6)8;5-1-3-2-7-8-4(3)6;3-1-2(4)5;2-1-3;1-4(2)3/h3-9H,10H2,1-2H3;3-9H,16H2,1-2H3,(H,17,18);2-4H,10H2,1H3;2-4H,9H2,1H3,(H,10,11);2-5H,8H2,1H3;1H,(H3,7,8,9,10,11);1-2H,(H3,6,7,8,9,10);1-2H2;2H,(H3,6,7,8);1H2;1H,(H2,2,3);. The number of imide groups is 1. The number of aromatic nitrogens is 12. The van der Waals surface area contributed by atoms with Gasteiger partial charge in [-0.15, -0.1) is 23.2 Å². The first kappa shape index (κ1) is 101. The first-order chi connectivity index (χ1) is 55.9. The molecule has 6 aromatic heterocycles. The van der Waals surface area contributed by atoms with E-state index in [-0.39, 0.29) is 47.0 Å². The lowest BCUT2D eigenvalue weighted by Crippen LogP contribution is -2.24. The van der Waals surface area contributed by atoms with Crippen molar-refractivity contribution in [2.75, 3.05) is 51.3 Å². The number of benzene rings is 7. The third-order valence-corrected chi connectivity index (χ3v) is 18.1. The van der Waals surface area contributed by atoms with Gasteiger partial charge < -0.3 is 56.3 Å². The Morgan fingerprint density at radius 1 is 0.610 bits per heavy atom. The summed E-state index contributed by atoms with van der Waals surface area (Å²) in [6, 6.07) is 46.5. The molecular weight excluding hydrogens is 1890 g/mol. The highest BCUT2D eigenvalue weighted by atomic mass is 127. The van der Waals surface area contributed by atoms with Gasteiger partial charge in [0.1, 0.15) is 51.3 Å². The minimum atomic E-state index is -1.67. The smallest absolute Gasteiger partial charge is 0.338 e. The number of nitriles is 1. The van der Waals surface area contributed by atoms with Gasteiger partial charge in [-0.2, -0.15) is 20.6 Å². The third-order valence-electron chi connectivity index (χ3n) is 15.3. The van der Waals surface area contributed by atoms with E-state index in [2.05, 4.69) is 111 Å². The number of fused-ring (bicyclic) bond motifs is 3. The summed E-state index contributed by atoms with van der Waals surface area (Å²) in [4.78, 5) is 106. The molecule has 1 aliphatic rings. The molecule has 0 saturated carbocycles. The normalized spacial score (nSPS) is 10.4. The fraction of sp³-hybridized carbons (Fsp3) is 0.145. The maximum absolute atomic E-state index is 12.9. The van der Waals surface area contributed by atoms with Gasteiger partial charge in [-0.1, -0.05) is 103 Å². The SMILES string of the molecule is Cc1cccc(N)c1C(=O)Cl.Cc1cccc(N)c1C(=O)O.Cc1ccccc1-n1c(CCl)nc2cccc(C)c2c1=O.Cc1ccccc1N.Cc1ccccc1NC(=O)c1c(C)cccc1N.N#Cc1cn[nH]c1N.NC=O.Nc1ncnc2[nH]ncc12.Nc1ncnc2n[nH]c(I)c12.O=C(Cl)CCl.O=C1CCC(=O)N1I.O=S(Cl)Cl. The molecule has 4 amide bonds. The number of anilines is 8. The second-order valence-corrected chi connectivity index (χ2v) is 29.3. The van der Waals surface area contributed by atoms with Gasteiger partial charge in [0, 0.05) is 62.6 Å². The second kappa shape index (κ2) is 52.1. The van der Waals surface area contributed by atoms with E-state index in [1.54, 1.807) is 89.9 Å². The molecule has 33 nitrogen and oxygen atoms in total. The summed E-state index contributed by atoms with van der Waals surface area (Å²) in [7, 11) is 7.36. The molecule has 14 rings (SSSR count). The van der Waals surface area contributed by atoms with Gasteiger partial charge in [-0.25, -0.2) is 37.0 Å². The second-order valence-electron chi connectivity index (χ2n) is 23.5. The number of carboxylic acids is 1. The van der Waals surface area contributed by atoms with Crippen LogP contribution in [0.5, 0.6) is 0 Å². The molecule has 0 aliphatic carbocycles. The summed E-state index contributed by atoms with van der Waals surface area (Å²) < 4.78 is 12.7. The van der Waals surface area contributed by atoms with Crippen molar-refractivity contribution in [1.82, 2.24) is 63.2 Å². The lowest BCUT2D eigenvalue weighted by Gasteiger charge is -2.14. The molecule has 7 heterocycles. The Bertz CT molecular complexity index is 5560. The highest BCUT2D eigenvalue weighted by Crippen LogP contribution is 2.25. The van der Waals surface area contributed by atoms with Crippen molar-refractivity contribution in [3.63, 3.8) is 0 Å². The topological polar surface area (TPSA) is 577 Å². The van der Waals surface area contributed by atoms with Gasteiger partial charge in [0.15, 0.2) is 11.3 Å². The van der Waals surface area contributed by atoms with Crippen molar-refractivity contribution in [1.29, 1.82) is 5.26 Å². The van der Waals surface area contributed by atoms with Crippen LogP contribution in [0.2, 0.25) is 0 Å². The lowest BCUT2D eigenvalue weighted by molar-refractivity contribution is -0.130. The van der Waals surface area contributed by atoms with E-state index in [0.29, 0.717) is 97.6 Å². The van der Waals surface area contributed by atoms with Crippen molar-refractivity contribution in [2.45, 2.75) is 67.2 Å². The lowest BCUT2D eigenvalue weighted by atomic mass is 10.1. The summed E-state index contributed by atoms with van der Waals surface area (Å²) in [6.07, 6.45) is 6.81. The molecule has 42 heteroatoms. The van der Waals surface area contributed by atoms with E-state index in [4.69, 9.17) is 106 Å². The molecule has 7 aromatic carbocycles. The number of nitrogen functional groups attached to an aromatic ring is 7. The van der Waals surface area contributed by atoms with Gasteiger partial charge in [0.2, 0.25) is 32.7 Å². The van der Waals surface area contributed by atoms with Crippen LogP contribution >= 0.6 is 113 Å². The van der Waals surface area contributed by atoms with Gasteiger partial charge in [0.25, 0.3) is 16.7 Å². The average molecular weight is 1970 g/mol. The molecule has 620 valence electrons. The number of H-pyrrole nitrogens is 3. The minimum Gasteiger partial charge on any atom is -0.478 e. The average Bonchev–Trinajstić information content (AvgIpc) is 1.05. The largest absolute Gasteiger partial charge is 0.478 e. The number of nitrogens with two attached hydrogens (primary N) is 8. The van der Waals surface area contributed by atoms with Crippen LogP contribution in [0.15, 0.2) is 175 Å². The number of carbonyl (C=O) groups is 7. The van der Waals surface area contributed by atoms with E-state index in [1.807, 2.05) is 144 Å². The number of aromatic carboxylic acids is 1. The maximum atomic E-state index is 12.9. The summed E-state index contributed by atoms with van der Waals surface area (Å²) in [6.45, 7) is 13.2. The van der Waals surface area contributed by atoms with Crippen LogP contribution in [0.25, 0.3) is 38.7 Å². The predicted molar refractivity (Wildman–Crippen MR) is 484 cm³/mol. The van der Waals surface area contributed by atoms with E-state index in [9.17, 15) is 33.6 Å². The monoisotopic (exact) mass is 1970 g/mol. The number of para-hydroxylation sites is 3. The Morgan fingerprint density at radius 2 is 1.08 bits per heavy atom. The highest BCUT2D eigenvalue weighted by molar-refractivity contribution is 14.1. The Morgan fingerprint density at radius 3 is 1.49 bits per heavy atom. The Kier molecular flexibility index (Phi) is 44.4.